The first kappa shape index (κ1) is 23.5. The maximum Gasteiger partial charge on any atom is 0.0854 e. The highest BCUT2D eigenvalue weighted by Gasteiger charge is 2.31. The summed E-state index contributed by atoms with van der Waals surface area (Å²) in [5, 5.41) is 9.73. The van der Waals surface area contributed by atoms with E-state index in [9.17, 15) is 0 Å². The van der Waals surface area contributed by atoms with E-state index in [0.717, 1.165) is 35.1 Å². The third kappa shape index (κ3) is 6.90. The van der Waals surface area contributed by atoms with Gasteiger partial charge in [-0.15, -0.1) is 0 Å². The summed E-state index contributed by atoms with van der Waals surface area (Å²) in [7, 11) is 0. The Balaban J connectivity index is 1.44. The number of halogens is 1. The fraction of sp³-hybridized carbons (Fsp3) is 0.321. The van der Waals surface area contributed by atoms with Crippen LogP contribution in [0.3, 0.4) is 0 Å². The minimum atomic E-state index is -0.139. The summed E-state index contributed by atoms with van der Waals surface area (Å²) in [5.74, 6) is 0. The number of ether oxygens (including phenoxy) is 3. The molecule has 1 aliphatic heterocycles. The van der Waals surface area contributed by atoms with Crippen molar-refractivity contribution in [2.45, 2.75) is 50.8 Å². The van der Waals surface area contributed by atoms with Gasteiger partial charge in [-0.2, -0.15) is 5.26 Å². The molecule has 0 bridgehead atoms. The Labute approximate surface area is 200 Å². The molecule has 0 radical (unpaired) electrons. The van der Waals surface area contributed by atoms with Crippen molar-refractivity contribution in [3.8, 4) is 6.07 Å². The molecular formula is C28H28ClNO3. The second-order valence-electron chi connectivity index (χ2n) is 8.32. The SMILES string of the molecule is N#CCc1cc(C2CC(OCc3ccccc3)CC(COCc3ccccc3)O2)ccc1Cl. The summed E-state index contributed by atoms with van der Waals surface area (Å²) in [6, 6.07) is 28.3. The molecule has 1 heterocycles. The Morgan fingerprint density at radius 2 is 1.61 bits per heavy atom. The molecule has 0 spiro atoms. The van der Waals surface area contributed by atoms with Gasteiger partial charge in [0.05, 0.1) is 50.6 Å². The molecule has 3 aromatic rings. The normalized spacial score (nSPS) is 20.3. The molecule has 0 saturated carbocycles. The van der Waals surface area contributed by atoms with Gasteiger partial charge in [0.25, 0.3) is 0 Å². The second kappa shape index (κ2) is 12.0. The lowest BCUT2D eigenvalue weighted by Gasteiger charge is -2.36. The molecule has 1 saturated heterocycles. The fourth-order valence-corrected chi connectivity index (χ4v) is 4.30. The molecular weight excluding hydrogens is 434 g/mol. The Hall–Kier alpha value is -2.68. The highest BCUT2D eigenvalue weighted by Crippen LogP contribution is 2.35. The molecule has 1 fully saturated rings. The number of rotatable bonds is 9. The van der Waals surface area contributed by atoms with E-state index in [1.165, 1.54) is 0 Å². The van der Waals surface area contributed by atoms with E-state index in [1.807, 2.05) is 54.6 Å². The van der Waals surface area contributed by atoms with Crippen LogP contribution in [0.1, 0.15) is 41.2 Å². The van der Waals surface area contributed by atoms with Crippen molar-refractivity contribution in [3.05, 3.63) is 106 Å². The Kier molecular flexibility index (Phi) is 8.52. The van der Waals surface area contributed by atoms with Crippen molar-refractivity contribution in [1.29, 1.82) is 5.26 Å². The van der Waals surface area contributed by atoms with Crippen LogP contribution in [-0.4, -0.2) is 18.8 Å². The average molecular weight is 462 g/mol. The standard InChI is InChI=1S/C28H28ClNO3/c29-27-12-11-24(15-23(27)13-14-30)28-17-25(32-19-22-9-5-2-6-10-22)16-26(33-28)20-31-18-21-7-3-1-4-8-21/h1-12,15,25-26,28H,13,16-20H2. The molecule has 4 rings (SSSR count). The lowest BCUT2D eigenvalue weighted by molar-refractivity contribution is -0.142. The molecule has 0 aliphatic carbocycles. The van der Waals surface area contributed by atoms with Crippen molar-refractivity contribution >= 4 is 11.6 Å². The zero-order valence-corrected chi connectivity index (χ0v) is 19.3. The van der Waals surface area contributed by atoms with Crippen LogP contribution >= 0.6 is 11.6 Å². The van der Waals surface area contributed by atoms with Crippen LogP contribution in [0, 0.1) is 11.3 Å². The first-order chi connectivity index (χ1) is 16.2. The first-order valence-electron chi connectivity index (χ1n) is 11.3. The van der Waals surface area contributed by atoms with E-state index < -0.39 is 0 Å². The van der Waals surface area contributed by atoms with Gasteiger partial charge in [0, 0.05) is 17.9 Å². The van der Waals surface area contributed by atoms with Crippen LogP contribution in [0.25, 0.3) is 0 Å². The van der Waals surface area contributed by atoms with Gasteiger partial charge in [0.1, 0.15) is 0 Å². The lowest BCUT2D eigenvalue weighted by Crippen LogP contribution is -2.35. The van der Waals surface area contributed by atoms with Gasteiger partial charge in [-0.25, -0.2) is 0 Å². The summed E-state index contributed by atoms with van der Waals surface area (Å²) in [4.78, 5) is 0. The largest absolute Gasteiger partial charge is 0.374 e. The molecule has 3 aromatic carbocycles. The second-order valence-corrected chi connectivity index (χ2v) is 8.73. The maximum atomic E-state index is 9.12. The van der Waals surface area contributed by atoms with E-state index in [0.29, 0.717) is 24.8 Å². The summed E-state index contributed by atoms with van der Waals surface area (Å²) in [6.45, 7) is 1.61. The van der Waals surface area contributed by atoms with Crippen molar-refractivity contribution < 1.29 is 14.2 Å². The van der Waals surface area contributed by atoms with Crippen molar-refractivity contribution in [2.75, 3.05) is 6.61 Å². The van der Waals surface area contributed by atoms with E-state index in [4.69, 9.17) is 31.1 Å². The Morgan fingerprint density at radius 3 is 2.30 bits per heavy atom. The van der Waals surface area contributed by atoms with Crippen molar-refractivity contribution in [2.24, 2.45) is 0 Å². The maximum absolute atomic E-state index is 9.12. The van der Waals surface area contributed by atoms with E-state index >= 15 is 0 Å². The predicted octanol–water partition coefficient (Wildman–Crippen LogP) is 6.43. The smallest absolute Gasteiger partial charge is 0.0854 e. The molecule has 0 amide bonds. The Bertz CT molecular complexity index is 1050. The lowest BCUT2D eigenvalue weighted by atomic mass is 9.94. The monoisotopic (exact) mass is 461 g/mol. The predicted molar refractivity (Wildman–Crippen MR) is 129 cm³/mol. The van der Waals surface area contributed by atoms with E-state index in [2.05, 4.69) is 30.3 Å². The van der Waals surface area contributed by atoms with Gasteiger partial charge in [0.2, 0.25) is 0 Å². The summed E-state index contributed by atoms with van der Waals surface area (Å²) >= 11 is 6.28. The van der Waals surface area contributed by atoms with Crippen molar-refractivity contribution in [1.82, 2.24) is 0 Å². The number of hydrogen-bond donors (Lipinski definition) is 0. The first-order valence-corrected chi connectivity index (χ1v) is 11.7. The van der Waals surface area contributed by atoms with Crippen LogP contribution in [0.5, 0.6) is 0 Å². The molecule has 0 aromatic heterocycles. The van der Waals surface area contributed by atoms with Gasteiger partial charge >= 0.3 is 0 Å². The van der Waals surface area contributed by atoms with Crippen LogP contribution in [0.2, 0.25) is 5.02 Å². The van der Waals surface area contributed by atoms with Crippen LogP contribution in [0.4, 0.5) is 0 Å². The molecule has 5 heteroatoms. The van der Waals surface area contributed by atoms with Gasteiger partial charge < -0.3 is 14.2 Å². The molecule has 3 atom stereocenters. The van der Waals surface area contributed by atoms with Crippen LogP contribution in [-0.2, 0) is 33.8 Å². The fourth-order valence-electron chi connectivity index (χ4n) is 4.12. The molecule has 4 nitrogen and oxygen atoms in total. The van der Waals surface area contributed by atoms with E-state index in [1.54, 1.807) is 0 Å². The highest BCUT2D eigenvalue weighted by atomic mass is 35.5. The molecule has 3 unspecified atom stereocenters. The summed E-state index contributed by atoms with van der Waals surface area (Å²) in [5.41, 5.74) is 4.14. The van der Waals surface area contributed by atoms with Crippen LogP contribution in [0.15, 0.2) is 78.9 Å². The minimum Gasteiger partial charge on any atom is -0.374 e. The van der Waals surface area contributed by atoms with Gasteiger partial charge in [0.15, 0.2) is 0 Å². The zero-order chi connectivity index (χ0) is 22.9. The van der Waals surface area contributed by atoms with Gasteiger partial charge in [-0.1, -0.05) is 84.4 Å². The number of benzene rings is 3. The number of nitriles is 1. The average Bonchev–Trinajstić information content (AvgIpc) is 2.85. The molecule has 170 valence electrons. The third-order valence-corrected chi connectivity index (χ3v) is 6.18. The molecule has 33 heavy (non-hydrogen) atoms. The number of nitrogens with zero attached hydrogens (tertiary/aromatic N) is 1. The quantitative estimate of drug-likeness (QED) is 0.368. The van der Waals surface area contributed by atoms with Gasteiger partial charge in [-0.3, -0.25) is 0 Å². The number of hydrogen-bond acceptors (Lipinski definition) is 4. The minimum absolute atomic E-state index is 0.0457. The van der Waals surface area contributed by atoms with Crippen molar-refractivity contribution in [3.63, 3.8) is 0 Å². The topological polar surface area (TPSA) is 51.5 Å². The molecule has 1 aliphatic rings. The summed E-state index contributed by atoms with van der Waals surface area (Å²) in [6.07, 6.45) is 1.62. The zero-order valence-electron chi connectivity index (χ0n) is 18.5. The van der Waals surface area contributed by atoms with E-state index in [-0.39, 0.29) is 24.7 Å². The van der Waals surface area contributed by atoms with Gasteiger partial charge in [-0.05, 0) is 28.3 Å². The Morgan fingerprint density at radius 1 is 0.909 bits per heavy atom. The summed E-state index contributed by atoms with van der Waals surface area (Å²) < 4.78 is 18.7. The molecule has 0 N–H and O–H groups in total. The third-order valence-electron chi connectivity index (χ3n) is 5.81. The van der Waals surface area contributed by atoms with Crippen LogP contribution < -0.4 is 0 Å². The highest BCUT2D eigenvalue weighted by molar-refractivity contribution is 6.31.